The maximum absolute atomic E-state index is 12.2. The number of piperidine rings is 1. The van der Waals surface area contributed by atoms with Crippen LogP contribution in [0.2, 0.25) is 0 Å². The van der Waals surface area contributed by atoms with E-state index < -0.39 is 7.82 Å². The number of rotatable bonds is 8. The van der Waals surface area contributed by atoms with Crippen LogP contribution in [0.1, 0.15) is 54.4 Å². The van der Waals surface area contributed by atoms with Crippen molar-refractivity contribution < 1.29 is 22.9 Å². The number of amides is 1. The molecule has 1 fully saturated rings. The van der Waals surface area contributed by atoms with E-state index in [0.717, 1.165) is 12.8 Å². The summed E-state index contributed by atoms with van der Waals surface area (Å²) in [5.74, 6) is -0.317. The molecule has 1 aliphatic heterocycles. The maximum atomic E-state index is 12.2. The van der Waals surface area contributed by atoms with Gasteiger partial charge < -0.3 is 10.6 Å². The van der Waals surface area contributed by atoms with Crippen molar-refractivity contribution in [3.05, 3.63) is 0 Å². The smallest absolute Gasteiger partial charge is 0.351 e. The van der Waals surface area contributed by atoms with E-state index >= 15 is 0 Å². The van der Waals surface area contributed by atoms with E-state index in [1.54, 1.807) is 13.8 Å². The van der Waals surface area contributed by atoms with Crippen LogP contribution >= 0.6 is 7.82 Å². The van der Waals surface area contributed by atoms with Crippen molar-refractivity contribution in [3.63, 3.8) is 0 Å². The van der Waals surface area contributed by atoms with E-state index in [4.69, 9.17) is 13.6 Å². The van der Waals surface area contributed by atoms with Gasteiger partial charge in [-0.05, 0) is 54.4 Å². The number of hydrogen-bond donors (Lipinski definition) is 2. The number of carbonyl (C=O) groups excluding carboxylic acids is 1. The summed E-state index contributed by atoms with van der Waals surface area (Å²) in [6.07, 6.45) is 1.63. The van der Waals surface area contributed by atoms with E-state index in [-0.39, 0.29) is 42.8 Å². The third-order valence-electron chi connectivity index (χ3n) is 3.48. The Morgan fingerprint density at radius 3 is 2.00 bits per heavy atom. The van der Waals surface area contributed by atoms with Gasteiger partial charge in [0.2, 0.25) is 5.91 Å². The molecule has 7 nitrogen and oxygen atoms in total. The molecule has 0 spiro atoms. The predicted octanol–water partition coefficient (Wildman–Crippen LogP) is 2.61. The van der Waals surface area contributed by atoms with Crippen LogP contribution in [0.5, 0.6) is 0 Å². The molecule has 0 aromatic carbocycles. The van der Waals surface area contributed by atoms with Crippen LogP contribution in [-0.4, -0.2) is 42.8 Å². The number of hydrogen-bond acceptors (Lipinski definition) is 6. The lowest BCUT2D eigenvalue weighted by atomic mass is 9.79. The number of phosphoric acid groups is 1. The van der Waals surface area contributed by atoms with Crippen molar-refractivity contribution >= 4 is 13.7 Å². The Balaban J connectivity index is 2.54. The first kappa shape index (κ1) is 20.6. The largest absolute Gasteiger partial charge is 0.475 e. The van der Waals surface area contributed by atoms with Gasteiger partial charge in [0.25, 0.3) is 0 Å². The summed E-state index contributed by atoms with van der Waals surface area (Å²) in [6.45, 7) is 11.9. The molecule has 1 amide bonds. The quantitative estimate of drug-likeness (QED) is 0.655. The lowest BCUT2D eigenvalue weighted by molar-refractivity contribution is -0.125. The molecule has 0 aromatic rings. The standard InChI is InChI=1S/C15H31N2O5P/c1-7-20-23(19,21-8-2)22-11-13(18)16-12-9-14(3,4)17-15(5,6)10-12/h12,17H,7-11H2,1-6H3,(H,16,18). The van der Waals surface area contributed by atoms with E-state index in [0.29, 0.717) is 0 Å². The van der Waals surface area contributed by atoms with Gasteiger partial charge in [-0.15, -0.1) is 0 Å². The third-order valence-corrected chi connectivity index (χ3v) is 5.08. The van der Waals surface area contributed by atoms with Gasteiger partial charge >= 0.3 is 7.82 Å². The first-order chi connectivity index (χ1) is 10.5. The third kappa shape index (κ3) is 7.31. The lowest BCUT2D eigenvalue weighted by Gasteiger charge is -2.46. The van der Waals surface area contributed by atoms with E-state index in [1.165, 1.54) is 0 Å². The second kappa shape index (κ2) is 8.08. The minimum Gasteiger partial charge on any atom is -0.351 e. The second-order valence-electron chi connectivity index (χ2n) is 7.12. The average molecular weight is 350 g/mol. The summed E-state index contributed by atoms with van der Waals surface area (Å²) in [5, 5.41) is 6.51. The highest BCUT2D eigenvalue weighted by atomic mass is 31.2. The zero-order chi connectivity index (χ0) is 17.7. The molecular formula is C15H31N2O5P. The summed E-state index contributed by atoms with van der Waals surface area (Å²) < 4.78 is 27.3. The van der Waals surface area contributed by atoms with Gasteiger partial charge in [0.15, 0.2) is 0 Å². The maximum Gasteiger partial charge on any atom is 0.475 e. The van der Waals surface area contributed by atoms with Crippen molar-refractivity contribution in [3.8, 4) is 0 Å². The van der Waals surface area contributed by atoms with Gasteiger partial charge in [-0.25, -0.2) is 4.57 Å². The number of carbonyl (C=O) groups is 1. The summed E-state index contributed by atoms with van der Waals surface area (Å²) in [4.78, 5) is 12.1. The van der Waals surface area contributed by atoms with Crippen molar-refractivity contribution in [2.24, 2.45) is 0 Å². The van der Waals surface area contributed by atoms with Crippen molar-refractivity contribution in [2.45, 2.75) is 71.5 Å². The summed E-state index contributed by atoms with van der Waals surface area (Å²) in [7, 11) is -3.65. The molecule has 1 aliphatic rings. The molecule has 2 N–H and O–H groups in total. The molecule has 1 saturated heterocycles. The Morgan fingerprint density at radius 1 is 1.09 bits per heavy atom. The minimum absolute atomic E-state index is 0.0379. The predicted molar refractivity (Wildman–Crippen MR) is 89.3 cm³/mol. The SMILES string of the molecule is CCOP(=O)(OCC)OCC(=O)NC1CC(C)(C)NC(C)(C)C1. The fourth-order valence-electron chi connectivity index (χ4n) is 3.26. The second-order valence-corrected chi connectivity index (χ2v) is 8.79. The van der Waals surface area contributed by atoms with Gasteiger partial charge in [-0.3, -0.25) is 18.4 Å². The Kier molecular flexibility index (Phi) is 7.23. The van der Waals surface area contributed by atoms with Crippen LogP contribution in [-0.2, 0) is 22.9 Å². The van der Waals surface area contributed by atoms with Gasteiger partial charge in [-0.2, -0.15) is 0 Å². The van der Waals surface area contributed by atoms with Crippen molar-refractivity contribution in [1.82, 2.24) is 10.6 Å². The molecule has 0 aromatic heterocycles. The molecular weight excluding hydrogens is 319 g/mol. The number of phosphoric ester groups is 1. The first-order valence-corrected chi connectivity index (χ1v) is 9.59. The molecule has 136 valence electrons. The zero-order valence-electron chi connectivity index (χ0n) is 15.1. The Labute approximate surface area is 139 Å². The molecule has 0 radical (unpaired) electrons. The first-order valence-electron chi connectivity index (χ1n) is 8.13. The minimum atomic E-state index is -3.65. The van der Waals surface area contributed by atoms with Crippen LogP contribution < -0.4 is 10.6 Å². The average Bonchev–Trinajstić information content (AvgIpc) is 2.33. The summed E-state index contributed by atoms with van der Waals surface area (Å²) in [5.41, 5.74) is -0.126. The van der Waals surface area contributed by atoms with Gasteiger partial charge in [0.1, 0.15) is 6.61 Å². The van der Waals surface area contributed by atoms with Crippen LogP contribution in [0.3, 0.4) is 0 Å². The molecule has 1 heterocycles. The normalized spacial score (nSPS) is 21.1. The van der Waals surface area contributed by atoms with Gasteiger partial charge in [-0.1, -0.05) is 0 Å². The fraction of sp³-hybridized carbons (Fsp3) is 0.933. The highest BCUT2D eigenvalue weighted by molar-refractivity contribution is 7.48. The summed E-state index contributed by atoms with van der Waals surface area (Å²) >= 11 is 0. The fourth-order valence-corrected chi connectivity index (χ4v) is 4.39. The highest BCUT2D eigenvalue weighted by Crippen LogP contribution is 2.49. The summed E-state index contributed by atoms with van der Waals surface area (Å²) in [6, 6.07) is 0.0379. The van der Waals surface area contributed by atoms with E-state index in [9.17, 15) is 9.36 Å². The lowest BCUT2D eigenvalue weighted by Crippen LogP contribution is -2.62. The Hall–Kier alpha value is -0.460. The Bertz CT molecular complexity index is 427. The molecule has 0 bridgehead atoms. The Morgan fingerprint density at radius 2 is 1.57 bits per heavy atom. The molecule has 0 aliphatic carbocycles. The monoisotopic (exact) mass is 350 g/mol. The molecule has 0 saturated carbocycles. The zero-order valence-corrected chi connectivity index (χ0v) is 16.0. The molecule has 1 rings (SSSR count). The van der Waals surface area contributed by atoms with Crippen molar-refractivity contribution in [1.29, 1.82) is 0 Å². The van der Waals surface area contributed by atoms with Crippen LogP contribution in [0.15, 0.2) is 0 Å². The molecule has 23 heavy (non-hydrogen) atoms. The van der Waals surface area contributed by atoms with Gasteiger partial charge in [0.05, 0.1) is 13.2 Å². The molecule has 8 heteroatoms. The topological polar surface area (TPSA) is 85.9 Å². The van der Waals surface area contributed by atoms with E-state index in [1.807, 2.05) is 0 Å². The van der Waals surface area contributed by atoms with E-state index in [2.05, 4.69) is 38.3 Å². The van der Waals surface area contributed by atoms with Crippen LogP contribution in [0.4, 0.5) is 0 Å². The molecule has 0 unspecified atom stereocenters. The van der Waals surface area contributed by atoms with Crippen molar-refractivity contribution in [2.75, 3.05) is 19.8 Å². The number of nitrogens with one attached hydrogen (secondary N) is 2. The van der Waals surface area contributed by atoms with Crippen LogP contribution in [0.25, 0.3) is 0 Å². The van der Waals surface area contributed by atoms with Crippen LogP contribution in [0, 0.1) is 0 Å². The highest BCUT2D eigenvalue weighted by Gasteiger charge is 2.38. The van der Waals surface area contributed by atoms with Gasteiger partial charge in [0, 0.05) is 17.1 Å². The molecule has 0 atom stereocenters.